The minimum absolute atomic E-state index is 0.466. The third-order valence-corrected chi connectivity index (χ3v) is 4.71. The molecule has 0 unspecified atom stereocenters. The van der Waals surface area contributed by atoms with E-state index in [4.69, 9.17) is 31.3 Å². The average Bonchev–Trinajstić information content (AvgIpc) is 2.84. The Morgan fingerprint density at radius 1 is 0.541 bits per heavy atom. The Hall–Kier alpha value is -3.87. The molecule has 18 heteroatoms. The summed E-state index contributed by atoms with van der Waals surface area (Å²) < 4.78 is 0. The van der Waals surface area contributed by atoms with Crippen LogP contribution in [0.5, 0.6) is 0 Å². The summed E-state index contributed by atoms with van der Waals surface area (Å²) in [6.45, 7) is -2.87. The first kappa shape index (κ1) is 33.1. The molecule has 0 rings (SSSR count). The molecule has 0 aromatic rings. The molecule has 4 amide bonds. The second-order valence-electron chi connectivity index (χ2n) is 7.60. The van der Waals surface area contributed by atoms with E-state index in [9.17, 15) is 38.7 Å². The van der Waals surface area contributed by atoms with Crippen molar-refractivity contribution >= 4 is 41.5 Å². The highest BCUT2D eigenvalue weighted by atomic mass is 16.4. The van der Waals surface area contributed by atoms with Crippen LogP contribution >= 0.6 is 0 Å². The molecule has 0 saturated heterocycles. The van der Waals surface area contributed by atoms with Crippen LogP contribution in [0.1, 0.15) is 25.7 Å². The van der Waals surface area contributed by atoms with Crippen LogP contribution in [0.4, 0.5) is 0 Å². The minimum atomic E-state index is -1.78. The van der Waals surface area contributed by atoms with E-state index in [0.29, 0.717) is 0 Å². The van der Waals surface area contributed by atoms with Gasteiger partial charge in [-0.25, -0.2) is 4.79 Å². The van der Waals surface area contributed by atoms with Gasteiger partial charge >= 0.3 is 17.9 Å². The van der Waals surface area contributed by atoms with Crippen LogP contribution in [-0.2, 0) is 33.6 Å². The predicted molar refractivity (Wildman–Crippen MR) is 118 cm³/mol. The lowest BCUT2D eigenvalue weighted by Crippen LogP contribution is -2.59. The number of nitrogens with one attached hydrogen (secondary N) is 4. The Bertz CT molecular complexity index is 852. The van der Waals surface area contributed by atoms with Gasteiger partial charge in [0.2, 0.25) is 23.6 Å². The normalized spacial score (nSPS) is 14.7. The number of aliphatic hydroxyl groups is 3. The number of rotatable bonds is 18. The van der Waals surface area contributed by atoms with Crippen molar-refractivity contribution in [1.82, 2.24) is 21.3 Å². The molecule has 12 N–H and O–H groups in total. The molecule has 0 aromatic heterocycles. The molecular weight excluding hydrogens is 506 g/mol. The van der Waals surface area contributed by atoms with Crippen LogP contribution in [0, 0.1) is 0 Å². The number of nitrogens with two attached hydrogens (primary N) is 1. The van der Waals surface area contributed by atoms with E-state index >= 15 is 0 Å². The number of hydrogen-bond donors (Lipinski definition) is 11. The Morgan fingerprint density at radius 2 is 0.892 bits per heavy atom. The molecule has 0 aliphatic carbocycles. The first-order chi connectivity index (χ1) is 17.3. The number of amides is 4. The fourth-order valence-electron chi connectivity index (χ4n) is 2.63. The molecule has 37 heavy (non-hydrogen) atoms. The molecule has 0 aliphatic heterocycles. The van der Waals surface area contributed by atoms with Crippen LogP contribution in [0.2, 0.25) is 0 Å². The lowest BCUT2D eigenvalue weighted by molar-refractivity contribution is -0.144. The Balaban J connectivity index is 5.58. The van der Waals surface area contributed by atoms with Gasteiger partial charge in [-0.1, -0.05) is 0 Å². The van der Waals surface area contributed by atoms with Crippen molar-refractivity contribution in [1.29, 1.82) is 0 Å². The number of hydrogen-bond acceptors (Lipinski definition) is 11. The zero-order valence-electron chi connectivity index (χ0n) is 19.5. The van der Waals surface area contributed by atoms with Crippen LogP contribution in [0.3, 0.4) is 0 Å². The molecule has 210 valence electrons. The molecule has 18 nitrogen and oxygen atoms in total. The van der Waals surface area contributed by atoms with Crippen molar-refractivity contribution in [3.8, 4) is 0 Å². The molecule has 0 aliphatic rings. The van der Waals surface area contributed by atoms with Gasteiger partial charge in [-0.15, -0.1) is 0 Å². The lowest BCUT2D eigenvalue weighted by atomic mass is 10.1. The number of carboxylic acid groups (broad SMARTS) is 3. The van der Waals surface area contributed by atoms with Gasteiger partial charge in [0.25, 0.3) is 0 Å². The molecular formula is C19H31N5O13. The van der Waals surface area contributed by atoms with Crippen molar-refractivity contribution in [2.24, 2.45) is 5.73 Å². The molecule has 0 spiro atoms. The van der Waals surface area contributed by atoms with E-state index in [-0.39, 0.29) is 0 Å². The minimum Gasteiger partial charge on any atom is -0.481 e. The highest BCUT2D eigenvalue weighted by Gasteiger charge is 2.31. The first-order valence-corrected chi connectivity index (χ1v) is 10.7. The summed E-state index contributed by atoms with van der Waals surface area (Å²) in [5, 5.41) is 62.3. The smallest absolute Gasteiger partial charge is 0.328 e. The van der Waals surface area contributed by atoms with E-state index in [1.807, 2.05) is 10.6 Å². The molecule has 0 aromatic carbocycles. The van der Waals surface area contributed by atoms with Gasteiger partial charge in [0.15, 0.2) is 0 Å². The number of aliphatic carboxylic acids is 3. The van der Waals surface area contributed by atoms with E-state index in [2.05, 4.69) is 10.6 Å². The van der Waals surface area contributed by atoms with Gasteiger partial charge in [0.05, 0.1) is 19.8 Å². The number of carbonyl (C=O) groups excluding carboxylic acids is 4. The van der Waals surface area contributed by atoms with E-state index < -0.39 is 117 Å². The molecule has 0 fully saturated rings. The molecule has 0 saturated carbocycles. The van der Waals surface area contributed by atoms with Gasteiger partial charge in [-0.3, -0.25) is 28.8 Å². The summed E-state index contributed by atoms with van der Waals surface area (Å²) in [5.41, 5.74) is 5.35. The number of aliphatic hydroxyl groups excluding tert-OH is 3. The summed E-state index contributed by atoms with van der Waals surface area (Å²) in [6.07, 6.45) is -2.26. The summed E-state index contributed by atoms with van der Waals surface area (Å²) >= 11 is 0. The maximum Gasteiger partial charge on any atom is 0.328 e. The van der Waals surface area contributed by atoms with E-state index in [0.717, 1.165) is 0 Å². The maximum absolute atomic E-state index is 12.6. The third kappa shape index (κ3) is 12.6. The summed E-state index contributed by atoms with van der Waals surface area (Å²) in [6, 6.07) is -8.22. The van der Waals surface area contributed by atoms with Gasteiger partial charge in [-0.05, 0) is 12.8 Å². The highest BCUT2D eigenvalue weighted by molar-refractivity contribution is 5.95. The fraction of sp³-hybridized carbons (Fsp3) is 0.632. The van der Waals surface area contributed by atoms with Crippen molar-refractivity contribution in [2.45, 2.75) is 55.9 Å². The number of carboxylic acids is 3. The summed E-state index contributed by atoms with van der Waals surface area (Å²) in [4.78, 5) is 82.3. The quantitative estimate of drug-likeness (QED) is 0.0775. The van der Waals surface area contributed by atoms with Gasteiger partial charge < -0.3 is 57.6 Å². The van der Waals surface area contributed by atoms with Crippen molar-refractivity contribution in [2.75, 3.05) is 19.8 Å². The average molecular weight is 537 g/mol. The van der Waals surface area contributed by atoms with Gasteiger partial charge in [0.1, 0.15) is 30.2 Å². The highest BCUT2D eigenvalue weighted by Crippen LogP contribution is 2.03. The Morgan fingerprint density at radius 3 is 1.24 bits per heavy atom. The summed E-state index contributed by atoms with van der Waals surface area (Å²) in [5.74, 6) is -8.85. The van der Waals surface area contributed by atoms with Crippen molar-refractivity contribution in [3.05, 3.63) is 0 Å². The lowest BCUT2D eigenvalue weighted by Gasteiger charge is -2.25. The monoisotopic (exact) mass is 537 g/mol. The van der Waals surface area contributed by atoms with Crippen LogP contribution < -0.4 is 27.0 Å². The Kier molecular flexibility index (Phi) is 15.0. The van der Waals surface area contributed by atoms with Crippen LogP contribution in [-0.4, -0.2) is 122 Å². The zero-order chi connectivity index (χ0) is 28.7. The first-order valence-electron chi connectivity index (χ1n) is 10.7. The molecule has 0 bridgehead atoms. The second-order valence-corrected chi connectivity index (χ2v) is 7.60. The standard InChI is InChI=1S/C19H31N5O13/c20-8(5-25)15(32)21-9(1-3-13(28)29)16(33)23-11(6-26)18(35)22-10(2-4-14(30)31)17(34)24-12(7-27)19(36)37/h8-12,25-27H,1-7,20H2,(H,21,32)(H,22,35)(H,23,33)(H,24,34)(H,28,29)(H,30,31)(H,36,37)/t8-,9-,10-,11-,12-/m0/s1. The van der Waals surface area contributed by atoms with Gasteiger partial charge in [0, 0.05) is 12.8 Å². The molecule has 0 heterocycles. The largest absolute Gasteiger partial charge is 0.481 e. The maximum atomic E-state index is 12.6. The van der Waals surface area contributed by atoms with E-state index in [1.54, 1.807) is 0 Å². The second kappa shape index (κ2) is 16.7. The van der Waals surface area contributed by atoms with Crippen LogP contribution in [0.15, 0.2) is 0 Å². The van der Waals surface area contributed by atoms with Crippen molar-refractivity contribution in [3.63, 3.8) is 0 Å². The molecule has 0 radical (unpaired) electrons. The third-order valence-electron chi connectivity index (χ3n) is 4.71. The van der Waals surface area contributed by atoms with Crippen LogP contribution in [0.25, 0.3) is 0 Å². The van der Waals surface area contributed by atoms with Crippen molar-refractivity contribution < 1.29 is 64.2 Å². The van der Waals surface area contributed by atoms with Gasteiger partial charge in [-0.2, -0.15) is 0 Å². The Labute approximate surface area is 209 Å². The topological polar surface area (TPSA) is 315 Å². The number of carbonyl (C=O) groups is 7. The summed E-state index contributed by atoms with van der Waals surface area (Å²) in [7, 11) is 0. The predicted octanol–water partition coefficient (Wildman–Crippen LogP) is -5.96. The molecule has 5 atom stereocenters. The van der Waals surface area contributed by atoms with E-state index in [1.165, 1.54) is 0 Å². The SMILES string of the molecule is N[C@@H](CO)C(=O)N[C@@H](CCC(=O)O)C(=O)N[C@@H](CO)C(=O)N[C@@H](CCC(=O)O)C(=O)N[C@@H](CO)C(=O)O. The fourth-order valence-corrected chi connectivity index (χ4v) is 2.63. The zero-order valence-corrected chi connectivity index (χ0v) is 19.5.